The van der Waals surface area contributed by atoms with E-state index < -0.39 is 0 Å². The zero-order chi connectivity index (χ0) is 9.90. The highest BCUT2D eigenvalue weighted by atomic mass is 14.9. The summed E-state index contributed by atoms with van der Waals surface area (Å²) in [6.07, 6.45) is 4.44. The molecule has 78 valence electrons. The third-order valence-electron chi connectivity index (χ3n) is 3.67. The van der Waals surface area contributed by atoms with E-state index in [1.54, 1.807) is 0 Å². The fourth-order valence-corrected chi connectivity index (χ4v) is 2.67. The summed E-state index contributed by atoms with van der Waals surface area (Å²) in [5.41, 5.74) is 0.759. The van der Waals surface area contributed by atoms with Crippen LogP contribution in [0, 0.1) is 17.3 Å². The van der Waals surface area contributed by atoms with Gasteiger partial charge in [0.2, 0.25) is 0 Å². The number of hydrogen-bond acceptors (Lipinski definition) is 1. The Labute approximate surface area is 83.3 Å². The molecule has 13 heavy (non-hydrogen) atoms. The zero-order valence-electron chi connectivity index (χ0n) is 9.69. The van der Waals surface area contributed by atoms with Crippen molar-refractivity contribution in [2.24, 2.45) is 17.3 Å². The topological polar surface area (TPSA) is 12.0 Å². The zero-order valence-corrected chi connectivity index (χ0v) is 9.69. The van der Waals surface area contributed by atoms with Crippen LogP contribution in [0.25, 0.3) is 0 Å². The third-order valence-corrected chi connectivity index (χ3v) is 3.67. The average molecular weight is 183 g/mol. The lowest BCUT2D eigenvalue weighted by Crippen LogP contribution is -2.41. The van der Waals surface area contributed by atoms with Crippen LogP contribution in [0.15, 0.2) is 0 Å². The molecule has 0 unspecified atom stereocenters. The van der Waals surface area contributed by atoms with Gasteiger partial charge in [-0.05, 0) is 43.1 Å². The van der Waals surface area contributed by atoms with Gasteiger partial charge in [0.05, 0.1) is 0 Å². The largest absolute Gasteiger partial charge is 0.316 e. The molecule has 1 aliphatic heterocycles. The van der Waals surface area contributed by atoms with Crippen molar-refractivity contribution in [2.45, 2.75) is 47.0 Å². The van der Waals surface area contributed by atoms with E-state index in [1.807, 2.05) is 13.8 Å². The molecule has 1 heterocycles. The van der Waals surface area contributed by atoms with Crippen LogP contribution in [0.4, 0.5) is 0 Å². The van der Waals surface area contributed by atoms with Crippen molar-refractivity contribution in [3.63, 3.8) is 0 Å². The predicted octanol–water partition coefficient (Wildman–Crippen LogP) is 3.06. The molecule has 1 aliphatic carbocycles. The first-order valence-electron chi connectivity index (χ1n) is 5.93. The lowest BCUT2D eigenvalue weighted by molar-refractivity contribution is 0.0447. The minimum absolute atomic E-state index is 0.759. The normalized spacial score (nSPS) is 37.2. The van der Waals surface area contributed by atoms with Gasteiger partial charge in [-0.1, -0.05) is 27.7 Å². The van der Waals surface area contributed by atoms with Crippen molar-refractivity contribution in [3.8, 4) is 0 Å². The Morgan fingerprint density at radius 2 is 1.85 bits per heavy atom. The van der Waals surface area contributed by atoms with E-state index in [2.05, 4.69) is 19.2 Å². The maximum absolute atomic E-state index is 3.47. The molecule has 2 rings (SSSR count). The van der Waals surface area contributed by atoms with Gasteiger partial charge in [-0.25, -0.2) is 0 Å². The molecule has 1 saturated heterocycles. The second-order valence-corrected chi connectivity index (χ2v) is 4.84. The van der Waals surface area contributed by atoms with Gasteiger partial charge in [-0.15, -0.1) is 0 Å². The molecule has 0 atom stereocenters. The van der Waals surface area contributed by atoms with Gasteiger partial charge in [-0.2, -0.15) is 0 Å². The molecule has 0 aromatic rings. The number of nitrogens with one attached hydrogen (secondary N) is 1. The first-order valence-corrected chi connectivity index (χ1v) is 5.93. The van der Waals surface area contributed by atoms with Crippen LogP contribution in [0.2, 0.25) is 0 Å². The molecular formula is C12H25N. The molecule has 0 radical (unpaired) electrons. The van der Waals surface area contributed by atoms with Crippen molar-refractivity contribution < 1.29 is 0 Å². The van der Waals surface area contributed by atoms with Gasteiger partial charge in [0.15, 0.2) is 0 Å². The average Bonchev–Trinajstić information content (AvgIpc) is 2.53. The molecule has 1 N–H and O–H groups in total. The second kappa shape index (κ2) is 4.45. The minimum atomic E-state index is 0.759. The summed E-state index contributed by atoms with van der Waals surface area (Å²) in [5, 5.41) is 3.47. The Hall–Kier alpha value is -0.0400. The quantitative estimate of drug-likeness (QED) is 0.659. The summed E-state index contributed by atoms with van der Waals surface area (Å²) in [7, 11) is 0. The highest BCUT2D eigenvalue weighted by molar-refractivity contribution is 4.99. The summed E-state index contributed by atoms with van der Waals surface area (Å²) in [6, 6.07) is 0. The van der Waals surface area contributed by atoms with Gasteiger partial charge in [0, 0.05) is 6.54 Å². The van der Waals surface area contributed by atoms with Gasteiger partial charge in [0.1, 0.15) is 0 Å². The lowest BCUT2D eigenvalue weighted by atomic mass is 9.58. The summed E-state index contributed by atoms with van der Waals surface area (Å²) < 4.78 is 0. The van der Waals surface area contributed by atoms with Gasteiger partial charge < -0.3 is 5.32 Å². The summed E-state index contributed by atoms with van der Waals surface area (Å²) in [4.78, 5) is 0. The first-order chi connectivity index (χ1) is 6.22. The van der Waals surface area contributed by atoms with Crippen LogP contribution >= 0.6 is 0 Å². The maximum Gasteiger partial charge on any atom is 0.000849 e. The summed E-state index contributed by atoms with van der Waals surface area (Å²) in [5.74, 6) is 1.95. The Balaban J connectivity index is 0.000000396. The van der Waals surface area contributed by atoms with E-state index in [4.69, 9.17) is 0 Å². The molecule has 0 aromatic carbocycles. The second-order valence-electron chi connectivity index (χ2n) is 4.84. The fourth-order valence-electron chi connectivity index (χ4n) is 2.67. The molecule has 2 fully saturated rings. The van der Waals surface area contributed by atoms with Crippen LogP contribution in [0.5, 0.6) is 0 Å². The van der Waals surface area contributed by atoms with Gasteiger partial charge in [-0.3, -0.25) is 0 Å². The Morgan fingerprint density at radius 1 is 1.23 bits per heavy atom. The molecule has 0 bridgehead atoms. The van der Waals surface area contributed by atoms with Gasteiger partial charge >= 0.3 is 0 Å². The first kappa shape index (κ1) is 11.0. The minimum Gasteiger partial charge on any atom is -0.316 e. The smallest absolute Gasteiger partial charge is 0.000849 e. The fraction of sp³-hybridized carbons (Fsp3) is 1.00. The highest BCUT2D eigenvalue weighted by Crippen LogP contribution is 2.52. The monoisotopic (exact) mass is 183 g/mol. The molecule has 0 aromatic heterocycles. The summed E-state index contributed by atoms with van der Waals surface area (Å²) in [6.45, 7) is 11.3. The van der Waals surface area contributed by atoms with Crippen LogP contribution in [0.3, 0.4) is 0 Å². The molecule has 0 amide bonds. The van der Waals surface area contributed by atoms with Crippen LogP contribution in [0.1, 0.15) is 47.0 Å². The van der Waals surface area contributed by atoms with E-state index in [1.165, 1.54) is 32.4 Å². The number of hydrogen-bond donors (Lipinski definition) is 1. The van der Waals surface area contributed by atoms with Gasteiger partial charge in [0.25, 0.3) is 0 Å². The van der Waals surface area contributed by atoms with E-state index >= 15 is 0 Å². The molecule has 2 aliphatic rings. The highest BCUT2D eigenvalue weighted by Gasteiger charge is 2.46. The molecular weight excluding hydrogens is 158 g/mol. The van der Waals surface area contributed by atoms with Crippen molar-refractivity contribution in [2.75, 3.05) is 13.1 Å². The third kappa shape index (κ3) is 2.25. The maximum atomic E-state index is 3.47. The van der Waals surface area contributed by atoms with Crippen LogP contribution < -0.4 is 5.32 Å². The van der Waals surface area contributed by atoms with Crippen molar-refractivity contribution in [1.82, 2.24) is 5.32 Å². The Morgan fingerprint density at radius 3 is 2.23 bits per heavy atom. The van der Waals surface area contributed by atoms with Crippen molar-refractivity contribution in [1.29, 1.82) is 0 Å². The number of rotatable bonds is 1. The molecule has 1 heteroatoms. The van der Waals surface area contributed by atoms with E-state index in [-0.39, 0.29) is 0 Å². The van der Waals surface area contributed by atoms with Crippen LogP contribution in [-0.4, -0.2) is 13.1 Å². The van der Waals surface area contributed by atoms with Crippen LogP contribution in [-0.2, 0) is 0 Å². The van der Waals surface area contributed by atoms with Crippen molar-refractivity contribution >= 4 is 0 Å². The lowest BCUT2D eigenvalue weighted by Gasteiger charge is -2.47. The van der Waals surface area contributed by atoms with E-state index in [0.717, 1.165) is 17.3 Å². The Bertz CT molecular complexity index is 137. The van der Waals surface area contributed by atoms with E-state index in [9.17, 15) is 0 Å². The predicted molar refractivity (Wildman–Crippen MR) is 58.8 cm³/mol. The Kier molecular flexibility index (Phi) is 3.78. The molecule has 1 spiro atoms. The summed E-state index contributed by atoms with van der Waals surface area (Å²) >= 11 is 0. The van der Waals surface area contributed by atoms with E-state index in [0.29, 0.717) is 0 Å². The molecule has 1 saturated carbocycles. The standard InChI is InChI=1S/C10H19N.C2H6/c1-8(2)9-5-10(6-9)3-4-11-7-10;1-2/h8-9,11H,3-7H2,1-2H3;1-2H3. The van der Waals surface area contributed by atoms with Crippen molar-refractivity contribution in [3.05, 3.63) is 0 Å². The SMILES string of the molecule is CC.CC(C)C1CC2(CCNC2)C1. The molecule has 1 nitrogen and oxygen atoms in total.